The minimum absolute atomic E-state index is 0.122. The summed E-state index contributed by atoms with van der Waals surface area (Å²) in [5.41, 5.74) is 9.85. The number of hydrogen-bond donors (Lipinski definition) is 3. The monoisotopic (exact) mass is 307 g/mol. The first-order chi connectivity index (χ1) is 10.4. The second-order valence-electron chi connectivity index (χ2n) is 6.03. The molecule has 1 unspecified atom stereocenters. The highest BCUT2D eigenvalue weighted by Crippen LogP contribution is 2.19. The molecule has 1 fully saturated rings. The Kier molecular flexibility index (Phi) is 5.18. The summed E-state index contributed by atoms with van der Waals surface area (Å²) in [7, 11) is 0. The van der Waals surface area contributed by atoms with Crippen molar-refractivity contribution in [3.63, 3.8) is 0 Å². The zero-order valence-electron chi connectivity index (χ0n) is 13.5. The SMILES string of the molecule is Cc1nn(NC(=O)C(C)N)c(C)c1C(=O)NC1CCCCC1. The quantitative estimate of drug-likeness (QED) is 0.771. The van der Waals surface area contributed by atoms with Crippen LogP contribution in [0.25, 0.3) is 0 Å². The summed E-state index contributed by atoms with van der Waals surface area (Å²) in [5, 5.41) is 7.29. The first-order valence-corrected chi connectivity index (χ1v) is 7.83. The Morgan fingerprint density at radius 3 is 2.50 bits per heavy atom. The fourth-order valence-corrected chi connectivity index (χ4v) is 2.79. The minimum Gasteiger partial charge on any atom is -0.349 e. The van der Waals surface area contributed by atoms with Crippen molar-refractivity contribution >= 4 is 11.8 Å². The van der Waals surface area contributed by atoms with E-state index >= 15 is 0 Å². The van der Waals surface area contributed by atoms with Crippen LogP contribution in [0.3, 0.4) is 0 Å². The first kappa shape index (κ1) is 16.5. The van der Waals surface area contributed by atoms with Gasteiger partial charge in [0.15, 0.2) is 0 Å². The second-order valence-corrected chi connectivity index (χ2v) is 6.03. The Morgan fingerprint density at radius 1 is 1.27 bits per heavy atom. The molecular formula is C15H25N5O2. The van der Waals surface area contributed by atoms with Gasteiger partial charge >= 0.3 is 0 Å². The van der Waals surface area contributed by atoms with Crippen LogP contribution in [0, 0.1) is 13.8 Å². The number of carbonyl (C=O) groups excluding carboxylic acids is 2. The van der Waals surface area contributed by atoms with Crippen LogP contribution in [-0.2, 0) is 4.79 Å². The molecule has 0 saturated heterocycles. The van der Waals surface area contributed by atoms with Crippen LogP contribution in [0.15, 0.2) is 0 Å². The normalized spacial score (nSPS) is 17.1. The molecular weight excluding hydrogens is 282 g/mol. The molecule has 1 atom stereocenters. The molecule has 7 heteroatoms. The fraction of sp³-hybridized carbons (Fsp3) is 0.667. The molecule has 122 valence electrons. The molecule has 0 spiro atoms. The molecule has 4 N–H and O–H groups in total. The Balaban J connectivity index is 2.11. The van der Waals surface area contributed by atoms with E-state index < -0.39 is 6.04 Å². The van der Waals surface area contributed by atoms with Gasteiger partial charge in [-0.1, -0.05) is 19.3 Å². The van der Waals surface area contributed by atoms with Gasteiger partial charge in [-0.2, -0.15) is 9.89 Å². The van der Waals surface area contributed by atoms with E-state index in [4.69, 9.17) is 5.73 Å². The number of aromatic nitrogens is 2. The molecule has 2 rings (SSSR count). The fourth-order valence-electron chi connectivity index (χ4n) is 2.79. The van der Waals surface area contributed by atoms with Gasteiger partial charge < -0.3 is 11.1 Å². The molecule has 22 heavy (non-hydrogen) atoms. The summed E-state index contributed by atoms with van der Waals surface area (Å²) >= 11 is 0. The van der Waals surface area contributed by atoms with E-state index in [9.17, 15) is 9.59 Å². The summed E-state index contributed by atoms with van der Waals surface area (Å²) in [6, 6.07) is -0.398. The second kappa shape index (κ2) is 6.91. The third-order valence-corrected chi connectivity index (χ3v) is 4.09. The van der Waals surface area contributed by atoms with Gasteiger partial charge in [0.25, 0.3) is 11.8 Å². The average Bonchev–Trinajstić information content (AvgIpc) is 2.74. The maximum atomic E-state index is 12.5. The van der Waals surface area contributed by atoms with Crippen molar-refractivity contribution in [1.29, 1.82) is 0 Å². The topological polar surface area (TPSA) is 102 Å². The van der Waals surface area contributed by atoms with E-state index in [1.165, 1.54) is 11.2 Å². The predicted molar refractivity (Wildman–Crippen MR) is 84.1 cm³/mol. The molecule has 7 nitrogen and oxygen atoms in total. The maximum absolute atomic E-state index is 12.5. The molecule has 0 radical (unpaired) electrons. The summed E-state index contributed by atoms with van der Waals surface area (Å²) in [6.45, 7) is 5.12. The van der Waals surface area contributed by atoms with Crippen molar-refractivity contribution in [1.82, 2.24) is 15.2 Å². The zero-order chi connectivity index (χ0) is 16.3. The lowest BCUT2D eigenvalue weighted by atomic mass is 9.95. The van der Waals surface area contributed by atoms with Crippen molar-refractivity contribution < 1.29 is 9.59 Å². The van der Waals surface area contributed by atoms with Gasteiger partial charge in [-0.05, 0) is 33.6 Å². The van der Waals surface area contributed by atoms with E-state index in [2.05, 4.69) is 15.8 Å². The lowest BCUT2D eigenvalue weighted by Crippen LogP contribution is -2.38. The molecule has 1 heterocycles. The molecule has 1 aromatic rings. The summed E-state index contributed by atoms with van der Waals surface area (Å²) in [4.78, 5) is 25.5. The van der Waals surface area contributed by atoms with Gasteiger partial charge in [0.05, 0.1) is 23.0 Å². The number of carbonyl (C=O) groups is 2. The lowest BCUT2D eigenvalue weighted by Gasteiger charge is -2.22. The highest BCUT2D eigenvalue weighted by Gasteiger charge is 2.23. The summed E-state index contributed by atoms with van der Waals surface area (Å²) in [5.74, 6) is -0.465. The van der Waals surface area contributed by atoms with Crippen molar-refractivity contribution in [2.45, 2.75) is 65.0 Å². The standard InChI is InChI=1S/C15H25N5O2/c1-9(16)14(21)19-20-11(3)13(10(2)18-20)15(22)17-12-7-5-4-6-8-12/h9,12H,4-8,16H2,1-3H3,(H,17,22)(H,19,21). The van der Waals surface area contributed by atoms with Crippen LogP contribution in [0.1, 0.15) is 60.8 Å². The van der Waals surface area contributed by atoms with Crippen LogP contribution in [0.2, 0.25) is 0 Å². The first-order valence-electron chi connectivity index (χ1n) is 7.83. The number of nitrogens with one attached hydrogen (secondary N) is 2. The molecule has 0 bridgehead atoms. The summed E-state index contributed by atoms with van der Waals surface area (Å²) in [6.07, 6.45) is 5.61. The highest BCUT2D eigenvalue weighted by molar-refractivity contribution is 5.97. The van der Waals surface area contributed by atoms with Crippen LogP contribution in [0.4, 0.5) is 0 Å². The number of aryl methyl sites for hydroxylation is 1. The minimum atomic E-state index is -0.636. The molecule has 1 saturated carbocycles. The largest absolute Gasteiger partial charge is 0.349 e. The zero-order valence-corrected chi connectivity index (χ0v) is 13.5. The number of nitrogens with zero attached hydrogens (tertiary/aromatic N) is 2. The molecule has 1 aliphatic rings. The van der Waals surface area contributed by atoms with Crippen LogP contribution in [0.5, 0.6) is 0 Å². The third-order valence-electron chi connectivity index (χ3n) is 4.09. The summed E-state index contributed by atoms with van der Waals surface area (Å²) < 4.78 is 0. The van der Waals surface area contributed by atoms with E-state index in [1.807, 2.05) is 0 Å². The maximum Gasteiger partial charge on any atom is 0.256 e. The Morgan fingerprint density at radius 2 is 1.91 bits per heavy atom. The molecule has 1 aromatic heterocycles. The third kappa shape index (κ3) is 3.65. The van der Waals surface area contributed by atoms with Gasteiger partial charge in [-0.25, -0.2) is 5.43 Å². The molecule has 1 aliphatic carbocycles. The Labute approximate surface area is 130 Å². The van der Waals surface area contributed by atoms with E-state index in [0.717, 1.165) is 25.7 Å². The van der Waals surface area contributed by atoms with E-state index in [0.29, 0.717) is 17.0 Å². The number of rotatable bonds is 4. The average molecular weight is 307 g/mol. The van der Waals surface area contributed by atoms with Gasteiger partial charge in [-0.3, -0.25) is 9.59 Å². The Hall–Kier alpha value is -1.89. The van der Waals surface area contributed by atoms with Gasteiger partial charge in [0.1, 0.15) is 0 Å². The smallest absolute Gasteiger partial charge is 0.256 e. The highest BCUT2D eigenvalue weighted by atomic mass is 16.2. The molecule has 2 amide bonds. The number of amides is 2. The predicted octanol–water partition coefficient (Wildman–Crippen LogP) is 0.980. The van der Waals surface area contributed by atoms with Crippen molar-refractivity contribution in [2.24, 2.45) is 5.73 Å². The van der Waals surface area contributed by atoms with Gasteiger partial charge in [0.2, 0.25) is 0 Å². The van der Waals surface area contributed by atoms with Crippen LogP contribution < -0.4 is 16.5 Å². The van der Waals surface area contributed by atoms with Crippen molar-refractivity contribution in [3.05, 3.63) is 17.0 Å². The van der Waals surface area contributed by atoms with E-state index in [-0.39, 0.29) is 17.9 Å². The van der Waals surface area contributed by atoms with E-state index in [1.54, 1.807) is 20.8 Å². The van der Waals surface area contributed by atoms with Gasteiger partial charge in [-0.15, -0.1) is 0 Å². The Bertz CT molecular complexity index is 559. The molecule has 0 aliphatic heterocycles. The number of nitrogens with two attached hydrogens (primary N) is 1. The lowest BCUT2D eigenvalue weighted by molar-refractivity contribution is -0.118. The number of hydrogen-bond acceptors (Lipinski definition) is 4. The van der Waals surface area contributed by atoms with Crippen molar-refractivity contribution in [2.75, 3.05) is 5.43 Å². The molecule has 0 aromatic carbocycles. The van der Waals surface area contributed by atoms with Crippen LogP contribution in [-0.4, -0.2) is 33.8 Å². The van der Waals surface area contributed by atoms with Crippen molar-refractivity contribution in [3.8, 4) is 0 Å². The van der Waals surface area contributed by atoms with Gasteiger partial charge in [0, 0.05) is 6.04 Å². The van der Waals surface area contributed by atoms with Crippen LogP contribution >= 0.6 is 0 Å².